The smallest absolute Gasteiger partial charge is 0.308 e. The molecule has 5 nitrogen and oxygen atoms in total. The van der Waals surface area contributed by atoms with Crippen LogP contribution in [0.5, 0.6) is 11.5 Å². The first-order chi connectivity index (χ1) is 10.2. The van der Waals surface area contributed by atoms with Crippen LogP contribution in [0, 0.1) is 12.3 Å². The number of terminal acetylenes is 1. The minimum absolute atomic E-state index is 0.0883. The number of benzene rings is 1. The molecule has 0 fully saturated rings. The molecule has 1 aromatic rings. The fraction of sp³-hybridized carbons (Fsp3) is 0.438. The molecule has 0 amide bonds. The van der Waals surface area contributed by atoms with Gasteiger partial charge in [0.15, 0.2) is 11.5 Å². The zero-order chi connectivity index (χ0) is 15.7. The summed E-state index contributed by atoms with van der Waals surface area (Å²) in [5, 5.41) is 0. The largest absolute Gasteiger partial charge is 0.493 e. The molecule has 0 radical (unpaired) electrons. The molecule has 0 heterocycles. The van der Waals surface area contributed by atoms with E-state index in [0.29, 0.717) is 18.1 Å². The molecule has 1 unspecified atom stereocenters. The predicted octanol–water partition coefficient (Wildman–Crippen LogP) is 2.35. The summed E-state index contributed by atoms with van der Waals surface area (Å²) in [5.74, 6) is 3.22. The van der Waals surface area contributed by atoms with Crippen molar-refractivity contribution in [3.8, 4) is 23.8 Å². The van der Waals surface area contributed by atoms with E-state index in [1.165, 1.54) is 0 Å². The third kappa shape index (κ3) is 5.01. The van der Waals surface area contributed by atoms with Gasteiger partial charge >= 0.3 is 5.97 Å². The summed E-state index contributed by atoms with van der Waals surface area (Å²) in [6.07, 6.45) is 4.81. The van der Waals surface area contributed by atoms with Crippen LogP contribution in [0.4, 0.5) is 0 Å². The normalized spacial score (nSPS) is 11.3. The van der Waals surface area contributed by atoms with E-state index < -0.39 is 6.10 Å². The Bertz CT molecular complexity index is 504. The molecular weight excluding hydrogens is 272 g/mol. The Morgan fingerprint density at radius 3 is 2.57 bits per heavy atom. The van der Waals surface area contributed by atoms with Gasteiger partial charge in [-0.3, -0.25) is 4.79 Å². The molecule has 1 aromatic carbocycles. The van der Waals surface area contributed by atoms with Crippen molar-refractivity contribution in [1.29, 1.82) is 0 Å². The second-order valence-electron chi connectivity index (χ2n) is 4.13. The highest BCUT2D eigenvalue weighted by atomic mass is 16.5. The number of carbonyl (C=O) groups excluding carboxylic acids is 1. The quantitative estimate of drug-likeness (QED) is 0.544. The van der Waals surface area contributed by atoms with Crippen molar-refractivity contribution in [3.63, 3.8) is 0 Å². The SMILES string of the molecule is C#CCOC(CC(=O)OCC)c1ccc(OC)c(OC)c1. The van der Waals surface area contributed by atoms with E-state index in [1.54, 1.807) is 33.3 Å². The first-order valence-electron chi connectivity index (χ1n) is 6.58. The van der Waals surface area contributed by atoms with Gasteiger partial charge in [0.2, 0.25) is 0 Å². The Labute approximate surface area is 125 Å². The van der Waals surface area contributed by atoms with Crippen LogP contribution < -0.4 is 9.47 Å². The summed E-state index contributed by atoms with van der Waals surface area (Å²) in [6, 6.07) is 5.33. The maximum Gasteiger partial charge on any atom is 0.308 e. The molecule has 0 aliphatic carbocycles. The van der Waals surface area contributed by atoms with Gasteiger partial charge in [-0.1, -0.05) is 12.0 Å². The van der Waals surface area contributed by atoms with Crippen LogP contribution in [0.25, 0.3) is 0 Å². The number of esters is 1. The van der Waals surface area contributed by atoms with Crippen molar-refractivity contribution < 1.29 is 23.7 Å². The topological polar surface area (TPSA) is 54.0 Å². The molecule has 0 bridgehead atoms. The van der Waals surface area contributed by atoms with Crippen LogP contribution in [0.3, 0.4) is 0 Å². The molecule has 0 N–H and O–H groups in total. The van der Waals surface area contributed by atoms with Crippen LogP contribution in [0.1, 0.15) is 25.0 Å². The predicted molar refractivity (Wildman–Crippen MR) is 78.3 cm³/mol. The molecule has 114 valence electrons. The van der Waals surface area contributed by atoms with Gasteiger partial charge < -0.3 is 18.9 Å². The van der Waals surface area contributed by atoms with E-state index in [1.807, 2.05) is 6.07 Å². The van der Waals surface area contributed by atoms with Crippen LogP contribution in [0.15, 0.2) is 18.2 Å². The number of methoxy groups -OCH3 is 2. The lowest BCUT2D eigenvalue weighted by molar-refractivity contribution is -0.146. The van der Waals surface area contributed by atoms with Crippen molar-refractivity contribution in [2.75, 3.05) is 27.4 Å². The van der Waals surface area contributed by atoms with Crippen molar-refractivity contribution in [1.82, 2.24) is 0 Å². The van der Waals surface area contributed by atoms with Crippen molar-refractivity contribution in [3.05, 3.63) is 23.8 Å². The molecule has 0 saturated carbocycles. The van der Waals surface area contributed by atoms with E-state index in [9.17, 15) is 4.79 Å². The fourth-order valence-corrected chi connectivity index (χ4v) is 1.85. The number of ether oxygens (including phenoxy) is 4. The standard InChI is InChI=1S/C16H20O5/c1-5-9-21-14(11-16(17)20-6-2)12-7-8-13(18-3)15(10-12)19-4/h1,7-8,10,14H,6,9,11H2,2-4H3. The van der Waals surface area contributed by atoms with Crippen LogP contribution in [0.2, 0.25) is 0 Å². The van der Waals surface area contributed by atoms with E-state index in [0.717, 1.165) is 5.56 Å². The van der Waals surface area contributed by atoms with Gasteiger partial charge in [0.1, 0.15) is 6.61 Å². The lowest BCUT2D eigenvalue weighted by Gasteiger charge is -2.18. The van der Waals surface area contributed by atoms with Gasteiger partial charge in [-0.15, -0.1) is 6.42 Å². The molecule has 0 saturated heterocycles. The lowest BCUT2D eigenvalue weighted by atomic mass is 10.1. The summed E-state index contributed by atoms with van der Waals surface area (Å²) in [6.45, 7) is 2.19. The second kappa shape index (κ2) is 8.88. The van der Waals surface area contributed by atoms with Crippen LogP contribution in [-0.4, -0.2) is 33.4 Å². The highest BCUT2D eigenvalue weighted by Gasteiger charge is 2.19. The maximum absolute atomic E-state index is 11.7. The molecule has 21 heavy (non-hydrogen) atoms. The van der Waals surface area contributed by atoms with Gasteiger partial charge in [-0.2, -0.15) is 0 Å². The third-order valence-electron chi connectivity index (χ3n) is 2.80. The molecule has 1 rings (SSSR count). The highest BCUT2D eigenvalue weighted by molar-refractivity contribution is 5.70. The average molecular weight is 292 g/mol. The molecule has 0 spiro atoms. The average Bonchev–Trinajstić information content (AvgIpc) is 2.50. The van der Waals surface area contributed by atoms with Gasteiger partial charge in [-0.05, 0) is 24.6 Å². The molecule has 5 heteroatoms. The summed E-state index contributed by atoms with van der Waals surface area (Å²) in [5.41, 5.74) is 0.774. The van der Waals surface area contributed by atoms with Gasteiger partial charge in [0.05, 0.1) is 33.4 Å². The van der Waals surface area contributed by atoms with Gasteiger partial charge in [0.25, 0.3) is 0 Å². The molecule has 0 aliphatic rings. The molecule has 1 atom stereocenters. The fourth-order valence-electron chi connectivity index (χ4n) is 1.85. The first-order valence-corrected chi connectivity index (χ1v) is 6.58. The summed E-state index contributed by atoms with van der Waals surface area (Å²) in [7, 11) is 3.10. The van der Waals surface area contributed by atoms with Crippen molar-refractivity contribution in [2.24, 2.45) is 0 Å². The minimum atomic E-state index is -0.486. The van der Waals surface area contributed by atoms with Gasteiger partial charge in [0, 0.05) is 0 Å². The lowest BCUT2D eigenvalue weighted by Crippen LogP contribution is -2.13. The van der Waals surface area contributed by atoms with Crippen molar-refractivity contribution >= 4 is 5.97 Å². The molecule has 0 aromatic heterocycles. The summed E-state index contributed by atoms with van der Waals surface area (Å²) < 4.78 is 20.9. The Morgan fingerprint density at radius 2 is 2.00 bits per heavy atom. The Kier molecular flexibility index (Phi) is 7.13. The third-order valence-corrected chi connectivity index (χ3v) is 2.80. The van der Waals surface area contributed by atoms with Crippen LogP contribution in [-0.2, 0) is 14.3 Å². The van der Waals surface area contributed by atoms with E-state index in [2.05, 4.69) is 5.92 Å². The van der Waals surface area contributed by atoms with Gasteiger partial charge in [-0.25, -0.2) is 0 Å². The Balaban J connectivity index is 2.96. The number of hydrogen-bond donors (Lipinski definition) is 0. The maximum atomic E-state index is 11.7. The molecule has 0 aliphatic heterocycles. The summed E-state index contributed by atoms with van der Waals surface area (Å²) in [4.78, 5) is 11.7. The Hall–Kier alpha value is -2.19. The molecular formula is C16H20O5. The van der Waals surface area contributed by atoms with Crippen molar-refractivity contribution in [2.45, 2.75) is 19.4 Å². The first kappa shape index (κ1) is 16.9. The zero-order valence-corrected chi connectivity index (χ0v) is 12.5. The van der Waals surface area contributed by atoms with E-state index in [4.69, 9.17) is 25.4 Å². The Morgan fingerprint density at radius 1 is 1.29 bits per heavy atom. The number of carbonyl (C=O) groups is 1. The zero-order valence-electron chi connectivity index (χ0n) is 12.5. The monoisotopic (exact) mass is 292 g/mol. The summed E-state index contributed by atoms with van der Waals surface area (Å²) >= 11 is 0. The number of hydrogen-bond acceptors (Lipinski definition) is 5. The number of rotatable bonds is 8. The minimum Gasteiger partial charge on any atom is -0.493 e. The van der Waals surface area contributed by atoms with E-state index in [-0.39, 0.29) is 19.0 Å². The van der Waals surface area contributed by atoms with E-state index >= 15 is 0 Å². The van der Waals surface area contributed by atoms with Crippen LogP contribution >= 0.6 is 0 Å². The second-order valence-corrected chi connectivity index (χ2v) is 4.13. The highest BCUT2D eigenvalue weighted by Crippen LogP contribution is 2.32.